The number of nitrogens with zero attached hydrogens (tertiary/aromatic N) is 1. The van der Waals surface area contributed by atoms with E-state index < -0.39 is 0 Å². The summed E-state index contributed by atoms with van der Waals surface area (Å²) in [4.78, 5) is 2.52. The van der Waals surface area contributed by atoms with Crippen LogP contribution in [0.3, 0.4) is 0 Å². The topological polar surface area (TPSA) is 38.5 Å². The van der Waals surface area contributed by atoms with Crippen molar-refractivity contribution >= 4 is 5.69 Å². The Bertz CT molecular complexity index is 371. The Kier molecular flexibility index (Phi) is 4.88. The summed E-state index contributed by atoms with van der Waals surface area (Å²) in [5.74, 6) is 0.895. The van der Waals surface area contributed by atoms with E-state index in [0.717, 1.165) is 18.0 Å². The highest BCUT2D eigenvalue weighted by Crippen LogP contribution is 2.22. The van der Waals surface area contributed by atoms with Crippen molar-refractivity contribution in [2.24, 2.45) is 0 Å². The molecule has 1 saturated heterocycles. The molecule has 0 saturated carbocycles. The molecule has 100 valence electrons. The van der Waals surface area contributed by atoms with Crippen LogP contribution in [0.4, 0.5) is 5.69 Å². The molecule has 0 aliphatic carbocycles. The smallest absolute Gasteiger partial charge is 0.119 e. The van der Waals surface area contributed by atoms with E-state index >= 15 is 0 Å². The number of methoxy groups -OCH3 is 1. The zero-order valence-corrected chi connectivity index (χ0v) is 11.3. The van der Waals surface area contributed by atoms with Gasteiger partial charge in [-0.25, -0.2) is 0 Å². The molecule has 2 N–H and O–H groups in total. The van der Waals surface area contributed by atoms with E-state index in [1.807, 2.05) is 12.1 Å². The average Bonchev–Trinajstić information content (AvgIpc) is 2.35. The molecule has 2 rings (SSSR count). The third-order valence-electron chi connectivity index (χ3n) is 3.69. The van der Waals surface area contributed by atoms with Crippen LogP contribution in [0.1, 0.15) is 37.7 Å². The van der Waals surface area contributed by atoms with Gasteiger partial charge in [-0.1, -0.05) is 19.3 Å². The Labute approximate surface area is 110 Å². The Balaban J connectivity index is 2.02. The molecule has 3 nitrogen and oxygen atoms in total. The van der Waals surface area contributed by atoms with Gasteiger partial charge in [0, 0.05) is 12.2 Å². The first kappa shape index (κ1) is 13.2. The van der Waals surface area contributed by atoms with Crippen molar-refractivity contribution in [3.8, 4) is 5.75 Å². The normalized spacial score (nSPS) is 18.1. The highest BCUT2D eigenvalue weighted by molar-refractivity contribution is 5.50. The predicted octanol–water partition coefficient (Wildman–Crippen LogP) is 3.04. The maximum atomic E-state index is 6.05. The van der Waals surface area contributed by atoms with Crippen molar-refractivity contribution in [1.82, 2.24) is 4.90 Å². The fraction of sp³-hybridized carbons (Fsp3) is 0.600. The number of likely N-dealkylation sites (tertiary alicyclic amines) is 1. The van der Waals surface area contributed by atoms with Crippen molar-refractivity contribution < 1.29 is 4.74 Å². The van der Waals surface area contributed by atoms with Crippen molar-refractivity contribution in [3.63, 3.8) is 0 Å². The second-order valence-electron chi connectivity index (χ2n) is 5.11. The molecular weight excluding hydrogens is 224 g/mol. The van der Waals surface area contributed by atoms with Crippen LogP contribution >= 0.6 is 0 Å². The van der Waals surface area contributed by atoms with E-state index in [4.69, 9.17) is 10.5 Å². The van der Waals surface area contributed by atoms with E-state index in [9.17, 15) is 0 Å². The Morgan fingerprint density at radius 3 is 2.44 bits per heavy atom. The molecule has 3 heteroatoms. The zero-order chi connectivity index (χ0) is 12.8. The molecule has 0 unspecified atom stereocenters. The summed E-state index contributed by atoms with van der Waals surface area (Å²) in [7, 11) is 1.70. The van der Waals surface area contributed by atoms with Crippen LogP contribution in [0, 0.1) is 0 Å². The summed E-state index contributed by atoms with van der Waals surface area (Å²) in [5, 5.41) is 0. The molecule has 0 amide bonds. The van der Waals surface area contributed by atoms with Gasteiger partial charge in [0.2, 0.25) is 0 Å². The third-order valence-corrected chi connectivity index (χ3v) is 3.69. The first-order valence-electron chi connectivity index (χ1n) is 6.94. The monoisotopic (exact) mass is 248 g/mol. The standard InChI is InChI=1S/C15H24N2O/c1-18-14-7-8-15(16)13(11-14)12-17-9-5-3-2-4-6-10-17/h7-8,11H,2-6,9-10,12,16H2,1H3. The first-order valence-corrected chi connectivity index (χ1v) is 6.94. The molecule has 0 bridgehead atoms. The van der Waals surface area contributed by atoms with Gasteiger partial charge in [0.15, 0.2) is 0 Å². The summed E-state index contributed by atoms with van der Waals surface area (Å²) >= 11 is 0. The minimum absolute atomic E-state index is 0.873. The van der Waals surface area contributed by atoms with Crippen LogP contribution in [0.2, 0.25) is 0 Å². The lowest BCUT2D eigenvalue weighted by molar-refractivity contribution is 0.240. The fourth-order valence-corrected chi connectivity index (χ4v) is 2.56. The molecule has 0 aromatic heterocycles. The van der Waals surface area contributed by atoms with E-state index in [1.165, 1.54) is 50.8 Å². The number of rotatable bonds is 3. The molecule has 1 fully saturated rings. The van der Waals surface area contributed by atoms with E-state index in [2.05, 4.69) is 11.0 Å². The van der Waals surface area contributed by atoms with Crippen molar-refractivity contribution in [2.75, 3.05) is 25.9 Å². The van der Waals surface area contributed by atoms with Gasteiger partial charge in [0.1, 0.15) is 5.75 Å². The van der Waals surface area contributed by atoms with E-state index in [0.29, 0.717) is 0 Å². The zero-order valence-electron chi connectivity index (χ0n) is 11.3. The summed E-state index contributed by atoms with van der Waals surface area (Å²) < 4.78 is 5.27. The molecular formula is C15H24N2O. The Morgan fingerprint density at radius 1 is 1.11 bits per heavy atom. The van der Waals surface area contributed by atoms with Gasteiger partial charge in [-0.05, 0) is 49.7 Å². The van der Waals surface area contributed by atoms with Gasteiger partial charge in [-0.15, -0.1) is 0 Å². The van der Waals surface area contributed by atoms with Gasteiger partial charge in [-0.3, -0.25) is 4.90 Å². The van der Waals surface area contributed by atoms with Gasteiger partial charge in [0.05, 0.1) is 7.11 Å². The van der Waals surface area contributed by atoms with Gasteiger partial charge >= 0.3 is 0 Å². The Morgan fingerprint density at radius 2 is 1.78 bits per heavy atom. The molecule has 0 radical (unpaired) electrons. The highest BCUT2D eigenvalue weighted by atomic mass is 16.5. The van der Waals surface area contributed by atoms with Crippen LogP contribution in [0.5, 0.6) is 5.75 Å². The van der Waals surface area contributed by atoms with E-state index in [1.54, 1.807) is 7.11 Å². The van der Waals surface area contributed by atoms with Crippen molar-refractivity contribution in [2.45, 2.75) is 38.6 Å². The van der Waals surface area contributed by atoms with Crippen LogP contribution in [0.25, 0.3) is 0 Å². The lowest BCUT2D eigenvalue weighted by atomic mass is 10.1. The van der Waals surface area contributed by atoms with E-state index in [-0.39, 0.29) is 0 Å². The SMILES string of the molecule is COc1ccc(N)c(CN2CCCCCCC2)c1. The summed E-state index contributed by atoms with van der Waals surface area (Å²) in [5.41, 5.74) is 8.11. The third kappa shape index (κ3) is 3.64. The molecule has 1 aromatic carbocycles. The number of ether oxygens (including phenoxy) is 1. The molecule has 18 heavy (non-hydrogen) atoms. The predicted molar refractivity (Wildman–Crippen MR) is 75.8 cm³/mol. The summed E-state index contributed by atoms with van der Waals surface area (Å²) in [6.07, 6.45) is 6.75. The average molecular weight is 248 g/mol. The Hall–Kier alpha value is -1.22. The molecule has 0 spiro atoms. The number of anilines is 1. The highest BCUT2D eigenvalue weighted by Gasteiger charge is 2.11. The molecule has 0 atom stereocenters. The maximum Gasteiger partial charge on any atom is 0.119 e. The number of hydrogen-bond donors (Lipinski definition) is 1. The van der Waals surface area contributed by atoms with Gasteiger partial charge < -0.3 is 10.5 Å². The summed E-state index contributed by atoms with van der Waals surface area (Å²) in [6.45, 7) is 3.33. The van der Waals surface area contributed by atoms with Crippen LogP contribution in [0.15, 0.2) is 18.2 Å². The lowest BCUT2D eigenvalue weighted by Crippen LogP contribution is -2.27. The second-order valence-corrected chi connectivity index (χ2v) is 5.11. The fourth-order valence-electron chi connectivity index (χ4n) is 2.56. The maximum absolute atomic E-state index is 6.05. The first-order chi connectivity index (χ1) is 8.79. The minimum Gasteiger partial charge on any atom is -0.497 e. The number of benzene rings is 1. The molecule has 1 aromatic rings. The molecule has 1 aliphatic heterocycles. The van der Waals surface area contributed by atoms with Gasteiger partial charge in [-0.2, -0.15) is 0 Å². The number of nitrogen functional groups attached to an aromatic ring is 1. The second kappa shape index (κ2) is 6.64. The van der Waals surface area contributed by atoms with Crippen molar-refractivity contribution in [1.29, 1.82) is 0 Å². The van der Waals surface area contributed by atoms with Crippen LogP contribution in [-0.2, 0) is 6.54 Å². The molecule has 1 heterocycles. The molecule has 1 aliphatic rings. The number of hydrogen-bond acceptors (Lipinski definition) is 3. The summed E-state index contributed by atoms with van der Waals surface area (Å²) in [6, 6.07) is 5.93. The van der Waals surface area contributed by atoms with Crippen LogP contribution < -0.4 is 10.5 Å². The lowest BCUT2D eigenvalue weighted by Gasteiger charge is -2.25. The van der Waals surface area contributed by atoms with Crippen molar-refractivity contribution in [3.05, 3.63) is 23.8 Å². The van der Waals surface area contributed by atoms with Crippen LogP contribution in [-0.4, -0.2) is 25.1 Å². The quantitative estimate of drug-likeness (QED) is 0.836. The van der Waals surface area contributed by atoms with Gasteiger partial charge in [0.25, 0.3) is 0 Å². The number of nitrogens with two attached hydrogens (primary N) is 1. The minimum atomic E-state index is 0.873. The largest absolute Gasteiger partial charge is 0.497 e.